The third-order valence-corrected chi connectivity index (χ3v) is 4.87. The molecule has 3 nitrogen and oxygen atoms in total. The Hall–Kier alpha value is -1.38. The molecule has 0 amide bonds. The molecule has 0 unspecified atom stereocenters. The summed E-state index contributed by atoms with van der Waals surface area (Å²) in [5, 5.41) is 0. The number of nitrogen functional groups attached to an aromatic ring is 1. The van der Waals surface area contributed by atoms with Gasteiger partial charge in [0.25, 0.3) is 0 Å². The first-order valence-corrected chi connectivity index (χ1v) is 8.02. The first-order chi connectivity index (χ1) is 9.79. The lowest BCUT2D eigenvalue weighted by Gasteiger charge is -2.29. The number of methoxy groups -OCH3 is 1. The summed E-state index contributed by atoms with van der Waals surface area (Å²) in [7, 11) is 1.71. The summed E-state index contributed by atoms with van der Waals surface area (Å²) in [5.74, 6) is 1.51. The van der Waals surface area contributed by atoms with Gasteiger partial charge in [0, 0.05) is 24.8 Å². The van der Waals surface area contributed by atoms with Gasteiger partial charge in [0.15, 0.2) is 0 Å². The molecule has 1 aromatic rings. The molecule has 2 N–H and O–H groups in total. The lowest BCUT2D eigenvalue weighted by atomic mass is 9.83. The van der Waals surface area contributed by atoms with E-state index in [2.05, 4.69) is 17.0 Å². The van der Waals surface area contributed by atoms with E-state index in [0.29, 0.717) is 5.92 Å². The molecular formula is C17H26N2O. The van der Waals surface area contributed by atoms with E-state index >= 15 is 0 Å². The molecule has 3 rings (SSSR count). The molecule has 0 spiro atoms. The first kappa shape index (κ1) is 13.6. The zero-order valence-corrected chi connectivity index (χ0v) is 12.5. The predicted molar refractivity (Wildman–Crippen MR) is 84.7 cm³/mol. The van der Waals surface area contributed by atoms with Gasteiger partial charge in [-0.3, -0.25) is 0 Å². The number of benzene rings is 1. The van der Waals surface area contributed by atoms with Gasteiger partial charge in [0.05, 0.1) is 12.8 Å². The number of hydrogen-bond acceptors (Lipinski definition) is 3. The van der Waals surface area contributed by atoms with Crippen molar-refractivity contribution in [2.24, 2.45) is 0 Å². The fourth-order valence-corrected chi connectivity index (χ4v) is 3.75. The van der Waals surface area contributed by atoms with E-state index in [-0.39, 0.29) is 0 Å². The second kappa shape index (κ2) is 5.94. The zero-order chi connectivity index (χ0) is 13.9. The van der Waals surface area contributed by atoms with Crippen molar-refractivity contribution >= 4 is 11.4 Å². The van der Waals surface area contributed by atoms with Crippen LogP contribution in [0.2, 0.25) is 0 Å². The van der Waals surface area contributed by atoms with E-state index < -0.39 is 0 Å². The number of hydrogen-bond donors (Lipinski definition) is 1. The van der Waals surface area contributed by atoms with Crippen LogP contribution in [0.15, 0.2) is 12.1 Å². The molecule has 1 saturated heterocycles. The maximum absolute atomic E-state index is 6.16. The van der Waals surface area contributed by atoms with Crippen LogP contribution in [0.5, 0.6) is 5.75 Å². The molecule has 1 heterocycles. The van der Waals surface area contributed by atoms with Crippen molar-refractivity contribution in [2.45, 2.75) is 50.9 Å². The van der Waals surface area contributed by atoms with Crippen molar-refractivity contribution < 1.29 is 4.74 Å². The Morgan fingerprint density at radius 2 is 1.75 bits per heavy atom. The minimum atomic E-state index is 0.688. The van der Waals surface area contributed by atoms with Crippen LogP contribution >= 0.6 is 0 Å². The Bertz CT molecular complexity index is 460. The second-order valence-corrected chi connectivity index (χ2v) is 6.18. The predicted octanol–water partition coefficient (Wildman–Crippen LogP) is 3.93. The number of nitrogens with zero attached hydrogens (tertiary/aromatic N) is 1. The van der Waals surface area contributed by atoms with Crippen molar-refractivity contribution in [3.05, 3.63) is 17.7 Å². The Morgan fingerprint density at radius 1 is 1.05 bits per heavy atom. The molecule has 1 aliphatic carbocycles. The summed E-state index contributed by atoms with van der Waals surface area (Å²) in [6.07, 6.45) is 9.33. The van der Waals surface area contributed by atoms with Crippen LogP contribution < -0.4 is 15.4 Å². The van der Waals surface area contributed by atoms with Gasteiger partial charge >= 0.3 is 0 Å². The van der Waals surface area contributed by atoms with Gasteiger partial charge in [0.1, 0.15) is 5.75 Å². The van der Waals surface area contributed by atoms with Crippen molar-refractivity contribution in [3.63, 3.8) is 0 Å². The first-order valence-electron chi connectivity index (χ1n) is 8.02. The van der Waals surface area contributed by atoms with Gasteiger partial charge in [-0.1, -0.05) is 19.3 Å². The largest absolute Gasteiger partial charge is 0.495 e. The van der Waals surface area contributed by atoms with Crippen molar-refractivity contribution in [1.29, 1.82) is 0 Å². The number of ether oxygens (including phenoxy) is 1. The average Bonchev–Trinajstić information content (AvgIpc) is 3.02. The summed E-state index contributed by atoms with van der Waals surface area (Å²) < 4.78 is 5.44. The monoisotopic (exact) mass is 274 g/mol. The maximum Gasteiger partial charge on any atom is 0.143 e. The highest BCUT2D eigenvalue weighted by Gasteiger charge is 2.24. The van der Waals surface area contributed by atoms with Gasteiger partial charge in [0.2, 0.25) is 0 Å². The molecule has 3 heteroatoms. The summed E-state index contributed by atoms with van der Waals surface area (Å²) in [4.78, 5) is 2.52. The Balaban J connectivity index is 1.98. The van der Waals surface area contributed by atoms with E-state index in [1.54, 1.807) is 7.11 Å². The van der Waals surface area contributed by atoms with Crippen LogP contribution in [0, 0.1) is 0 Å². The highest BCUT2D eigenvalue weighted by atomic mass is 16.5. The zero-order valence-electron chi connectivity index (χ0n) is 12.5. The fraction of sp³-hybridized carbons (Fsp3) is 0.647. The molecule has 2 fully saturated rings. The van der Waals surface area contributed by atoms with Gasteiger partial charge < -0.3 is 15.4 Å². The fourth-order valence-electron chi connectivity index (χ4n) is 3.75. The minimum Gasteiger partial charge on any atom is -0.495 e. The highest BCUT2D eigenvalue weighted by molar-refractivity contribution is 5.68. The quantitative estimate of drug-likeness (QED) is 0.849. The maximum atomic E-state index is 6.16. The van der Waals surface area contributed by atoms with E-state index in [1.807, 2.05) is 0 Å². The van der Waals surface area contributed by atoms with Gasteiger partial charge in [-0.05, 0) is 43.2 Å². The SMILES string of the molecule is COc1cc(N2CCCC2)c(C2CCCCC2)cc1N. The molecule has 0 bridgehead atoms. The van der Waals surface area contributed by atoms with Gasteiger partial charge in [-0.15, -0.1) is 0 Å². The summed E-state index contributed by atoms with van der Waals surface area (Å²) in [6.45, 7) is 2.35. The van der Waals surface area contributed by atoms with E-state index in [9.17, 15) is 0 Å². The summed E-state index contributed by atoms with van der Waals surface area (Å²) in [6, 6.07) is 4.35. The highest BCUT2D eigenvalue weighted by Crippen LogP contribution is 2.42. The van der Waals surface area contributed by atoms with Gasteiger partial charge in [-0.25, -0.2) is 0 Å². The van der Waals surface area contributed by atoms with Crippen LogP contribution in [0.25, 0.3) is 0 Å². The summed E-state index contributed by atoms with van der Waals surface area (Å²) in [5.41, 5.74) is 9.79. The smallest absolute Gasteiger partial charge is 0.143 e. The lowest BCUT2D eigenvalue weighted by Crippen LogP contribution is -2.21. The minimum absolute atomic E-state index is 0.688. The van der Waals surface area contributed by atoms with Crippen molar-refractivity contribution in [2.75, 3.05) is 30.8 Å². The molecule has 0 aromatic heterocycles. The summed E-state index contributed by atoms with van der Waals surface area (Å²) >= 11 is 0. The van der Waals surface area contributed by atoms with Crippen LogP contribution in [0.1, 0.15) is 56.4 Å². The Morgan fingerprint density at radius 3 is 2.40 bits per heavy atom. The molecule has 20 heavy (non-hydrogen) atoms. The third kappa shape index (κ3) is 2.58. The van der Waals surface area contributed by atoms with E-state index in [4.69, 9.17) is 10.5 Å². The number of anilines is 2. The third-order valence-electron chi connectivity index (χ3n) is 4.87. The molecule has 1 aromatic carbocycles. The van der Waals surface area contributed by atoms with Gasteiger partial charge in [-0.2, -0.15) is 0 Å². The van der Waals surface area contributed by atoms with Crippen molar-refractivity contribution in [1.82, 2.24) is 0 Å². The molecule has 110 valence electrons. The standard InChI is InChI=1S/C17H26N2O/c1-20-17-12-16(19-9-5-6-10-19)14(11-15(17)18)13-7-3-2-4-8-13/h11-13H,2-10,18H2,1H3. The van der Waals surface area contributed by atoms with E-state index in [1.165, 1.54) is 69.3 Å². The number of rotatable bonds is 3. The second-order valence-electron chi connectivity index (χ2n) is 6.18. The molecular weight excluding hydrogens is 248 g/mol. The molecule has 1 saturated carbocycles. The van der Waals surface area contributed by atoms with Crippen molar-refractivity contribution in [3.8, 4) is 5.75 Å². The number of nitrogens with two attached hydrogens (primary N) is 1. The molecule has 2 aliphatic rings. The van der Waals surface area contributed by atoms with Crippen LogP contribution in [0.4, 0.5) is 11.4 Å². The molecule has 0 radical (unpaired) electrons. The Labute approximate surface area is 122 Å². The van der Waals surface area contributed by atoms with E-state index in [0.717, 1.165) is 11.4 Å². The molecule has 0 atom stereocenters. The van der Waals surface area contributed by atoms with Crippen LogP contribution in [-0.2, 0) is 0 Å². The lowest BCUT2D eigenvalue weighted by molar-refractivity contribution is 0.415. The van der Waals surface area contributed by atoms with Crippen LogP contribution in [-0.4, -0.2) is 20.2 Å². The Kier molecular flexibility index (Phi) is 4.04. The topological polar surface area (TPSA) is 38.5 Å². The molecule has 1 aliphatic heterocycles. The normalized spacial score (nSPS) is 20.4. The van der Waals surface area contributed by atoms with Crippen LogP contribution in [0.3, 0.4) is 0 Å². The average molecular weight is 274 g/mol.